The Labute approximate surface area is 115 Å². The summed E-state index contributed by atoms with van der Waals surface area (Å²) < 4.78 is 0. The summed E-state index contributed by atoms with van der Waals surface area (Å²) in [6.07, 6.45) is 2.74. The van der Waals surface area contributed by atoms with Crippen molar-refractivity contribution in [3.8, 4) is 0 Å². The molecule has 0 saturated heterocycles. The Morgan fingerprint density at radius 2 is 0.944 bits per heavy atom. The van der Waals surface area contributed by atoms with E-state index in [1.165, 1.54) is 35.3 Å². The van der Waals surface area contributed by atoms with Gasteiger partial charge in [-0.15, -0.1) is 0 Å². The van der Waals surface area contributed by atoms with E-state index < -0.39 is 0 Å². The Hall–Kier alpha value is -1.13. The fraction of sp³-hybridized carbons (Fsp3) is 0.250. The molecule has 2 heteroatoms. The molecular formula is C16H18Si2. The SMILES string of the molecule is c1ccc([Si]CCCC[Si]c2ccccc2)cc1. The standard InChI is InChI=1S/C16H18Si2/c1-3-9-15(10-4-1)17-13-7-8-14-18-16-11-5-2-6-12-16/h1-6,9-12H,7-8,13-14H2. The van der Waals surface area contributed by atoms with Gasteiger partial charge in [0, 0.05) is 0 Å². The van der Waals surface area contributed by atoms with Crippen LogP contribution in [0, 0.1) is 0 Å². The molecule has 2 rings (SSSR count). The predicted molar refractivity (Wildman–Crippen MR) is 82.5 cm³/mol. The van der Waals surface area contributed by atoms with Crippen LogP contribution in [0.3, 0.4) is 0 Å². The Bertz CT molecular complexity index is 382. The second-order valence-electron chi connectivity index (χ2n) is 4.29. The van der Waals surface area contributed by atoms with Gasteiger partial charge >= 0.3 is 0 Å². The van der Waals surface area contributed by atoms with E-state index >= 15 is 0 Å². The van der Waals surface area contributed by atoms with Crippen LogP contribution in [-0.2, 0) is 0 Å². The van der Waals surface area contributed by atoms with Gasteiger partial charge in [-0.1, -0.05) is 96.0 Å². The van der Waals surface area contributed by atoms with E-state index in [-0.39, 0.29) is 0 Å². The maximum absolute atomic E-state index is 2.24. The van der Waals surface area contributed by atoms with Crippen molar-refractivity contribution in [3.63, 3.8) is 0 Å². The maximum atomic E-state index is 2.24. The molecule has 2 aromatic rings. The van der Waals surface area contributed by atoms with Gasteiger partial charge in [-0.2, -0.15) is 0 Å². The van der Waals surface area contributed by atoms with Gasteiger partial charge in [0.05, 0.1) is 19.0 Å². The first-order valence-electron chi connectivity index (χ1n) is 6.53. The summed E-state index contributed by atoms with van der Waals surface area (Å²) in [7, 11) is 1.97. The van der Waals surface area contributed by atoms with Crippen LogP contribution in [0.2, 0.25) is 12.1 Å². The van der Waals surface area contributed by atoms with Crippen molar-refractivity contribution in [2.45, 2.75) is 24.9 Å². The van der Waals surface area contributed by atoms with Crippen LogP contribution in [0.1, 0.15) is 12.8 Å². The van der Waals surface area contributed by atoms with Crippen molar-refractivity contribution < 1.29 is 0 Å². The zero-order chi connectivity index (χ0) is 12.5. The normalized spacial score (nSPS) is 10.4. The quantitative estimate of drug-likeness (QED) is 0.534. The van der Waals surface area contributed by atoms with Gasteiger partial charge in [-0.25, -0.2) is 0 Å². The number of rotatable bonds is 7. The van der Waals surface area contributed by atoms with E-state index in [0.29, 0.717) is 0 Å². The van der Waals surface area contributed by atoms with E-state index in [1.54, 1.807) is 0 Å². The molecule has 0 fully saturated rings. The second-order valence-corrected chi connectivity index (χ2v) is 7.15. The van der Waals surface area contributed by atoms with Crippen molar-refractivity contribution in [3.05, 3.63) is 60.7 Å². The van der Waals surface area contributed by atoms with E-state index in [0.717, 1.165) is 19.0 Å². The summed E-state index contributed by atoms with van der Waals surface area (Å²) in [5, 5.41) is 3.01. The molecule has 0 N–H and O–H groups in total. The van der Waals surface area contributed by atoms with Crippen LogP contribution in [0.15, 0.2) is 60.7 Å². The highest BCUT2D eigenvalue weighted by molar-refractivity contribution is 6.54. The predicted octanol–water partition coefficient (Wildman–Crippen LogP) is 2.66. The molecule has 4 radical (unpaired) electrons. The van der Waals surface area contributed by atoms with Gasteiger partial charge in [0.15, 0.2) is 0 Å². The van der Waals surface area contributed by atoms with Gasteiger partial charge in [0.1, 0.15) is 0 Å². The molecule has 0 bridgehead atoms. The zero-order valence-electron chi connectivity index (χ0n) is 10.6. The van der Waals surface area contributed by atoms with Crippen molar-refractivity contribution in [2.75, 3.05) is 0 Å². The third-order valence-corrected chi connectivity index (χ3v) is 5.50. The molecular weight excluding hydrogens is 248 g/mol. The third-order valence-electron chi connectivity index (χ3n) is 2.81. The van der Waals surface area contributed by atoms with Crippen LogP contribution in [0.5, 0.6) is 0 Å². The highest BCUT2D eigenvalue weighted by atomic mass is 28.2. The Kier molecular flexibility index (Phi) is 5.96. The van der Waals surface area contributed by atoms with Crippen LogP contribution in [0.25, 0.3) is 0 Å². The molecule has 18 heavy (non-hydrogen) atoms. The van der Waals surface area contributed by atoms with Gasteiger partial charge < -0.3 is 0 Å². The molecule has 0 aliphatic heterocycles. The molecule has 0 saturated carbocycles. The minimum absolute atomic E-state index is 0.985. The summed E-state index contributed by atoms with van der Waals surface area (Å²) in [5.74, 6) is 0. The lowest BCUT2D eigenvalue weighted by molar-refractivity contribution is 0.876. The molecule has 0 aromatic heterocycles. The van der Waals surface area contributed by atoms with E-state index in [2.05, 4.69) is 60.7 Å². The Balaban J connectivity index is 1.54. The lowest BCUT2D eigenvalue weighted by Crippen LogP contribution is -2.14. The van der Waals surface area contributed by atoms with Crippen molar-refractivity contribution in [2.24, 2.45) is 0 Å². The topological polar surface area (TPSA) is 0 Å². The lowest BCUT2D eigenvalue weighted by Gasteiger charge is -2.01. The first kappa shape index (κ1) is 13.3. The number of unbranched alkanes of at least 4 members (excludes halogenated alkanes) is 1. The number of benzene rings is 2. The highest BCUT2D eigenvalue weighted by Gasteiger charge is 1.96. The smallest absolute Gasteiger partial charge is 0.0642 e. The van der Waals surface area contributed by atoms with E-state index in [9.17, 15) is 0 Å². The monoisotopic (exact) mass is 266 g/mol. The summed E-state index contributed by atoms with van der Waals surface area (Å²) in [4.78, 5) is 0. The zero-order valence-corrected chi connectivity index (χ0v) is 12.6. The summed E-state index contributed by atoms with van der Waals surface area (Å²) in [5.41, 5.74) is 0. The first-order valence-corrected chi connectivity index (χ1v) is 8.94. The fourth-order valence-electron chi connectivity index (χ4n) is 1.83. The second kappa shape index (κ2) is 8.06. The molecule has 2 aromatic carbocycles. The Morgan fingerprint density at radius 1 is 0.556 bits per heavy atom. The van der Waals surface area contributed by atoms with E-state index in [4.69, 9.17) is 0 Å². The molecule has 0 unspecified atom stereocenters. The van der Waals surface area contributed by atoms with Crippen LogP contribution in [-0.4, -0.2) is 19.0 Å². The lowest BCUT2D eigenvalue weighted by atomic mass is 10.4. The molecule has 0 amide bonds. The van der Waals surface area contributed by atoms with Crippen molar-refractivity contribution >= 4 is 29.4 Å². The van der Waals surface area contributed by atoms with Gasteiger partial charge in [-0.3, -0.25) is 0 Å². The average Bonchev–Trinajstić information content (AvgIpc) is 2.45. The van der Waals surface area contributed by atoms with Crippen LogP contribution < -0.4 is 10.4 Å². The maximum Gasteiger partial charge on any atom is 0.0807 e. The summed E-state index contributed by atoms with van der Waals surface area (Å²) >= 11 is 0. The molecule has 90 valence electrons. The first-order chi connectivity index (χ1) is 8.95. The molecule has 0 nitrogen and oxygen atoms in total. The minimum atomic E-state index is 0.985. The number of hydrogen-bond donors (Lipinski definition) is 0. The average molecular weight is 266 g/mol. The van der Waals surface area contributed by atoms with Gasteiger partial charge in [-0.05, 0) is 0 Å². The van der Waals surface area contributed by atoms with Gasteiger partial charge in [0.25, 0.3) is 0 Å². The molecule has 0 heterocycles. The van der Waals surface area contributed by atoms with Crippen molar-refractivity contribution in [1.82, 2.24) is 0 Å². The van der Waals surface area contributed by atoms with Crippen LogP contribution >= 0.6 is 0 Å². The largest absolute Gasteiger partial charge is 0.0807 e. The summed E-state index contributed by atoms with van der Waals surface area (Å²) in [6, 6.07) is 24.4. The Morgan fingerprint density at radius 3 is 1.33 bits per heavy atom. The number of hydrogen-bond acceptors (Lipinski definition) is 0. The third kappa shape index (κ3) is 5.02. The molecule has 0 aliphatic carbocycles. The summed E-state index contributed by atoms with van der Waals surface area (Å²) in [6.45, 7) is 0. The van der Waals surface area contributed by atoms with Crippen LogP contribution in [0.4, 0.5) is 0 Å². The van der Waals surface area contributed by atoms with Gasteiger partial charge in [0.2, 0.25) is 0 Å². The molecule has 0 spiro atoms. The molecule has 0 aliphatic rings. The minimum Gasteiger partial charge on any atom is -0.0642 e. The van der Waals surface area contributed by atoms with Crippen molar-refractivity contribution in [1.29, 1.82) is 0 Å². The fourth-order valence-corrected chi connectivity index (χ4v) is 4.11. The molecule has 0 atom stereocenters. The highest BCUT2D eigenvalue weighted by Crippen LogP contribution is 2.00. The van der Waals surface area contributed by atoms with E-state index in [1.807, 2.05) is 0 Å².